The Kier molecular flexibility index (Phi) is 8.95. The molecule has 2 atom stereocenters. The maximum atomic E-state index is 12.8. The quantitative estimate of drug-likeness (QED) is 0.611. The minimum absolute atomic E-state index is 0.239. The summed E-state index contributed by atoms with van der Waals surface area (Å²) in [6.07, 6.45) is 4.20. The van der Waals surface area contributed by atoms with Crippen LogP contribution in [0.25, 0.3) is 0 Å². The number of amides is 1. The zero-order chi connectivity index (χ0) is 24.7. The lowest BCUT2D eigenvalue weighted by molar-refractivity contribution is 0.0144. The van der Waals surface area contributed by atoms with Gasteiger partial charge in [-0.15, -0.1) is 0 Å². The summed E-state index contributed by atoms with van der Waals surface area (Å²) >= 11 is 0. The van der Waals surface area contributed by atoms with Crippen LogP contribution in [0.4, 0.5) is 10.6 Å². The summed E-state index contributed by atoms with van der Waals surface area (Å²) in [6.45, 7) is 13.7. The number of nitrogens with zero attached hydrogens (tertiary/aromatic N) is 5. The van der Waals surface area contributed by atoms with Gasteiger partial charge in [-0.2, -0.15) is 15.2 Å². The van der Waals surface area contributed by atoms with E-state index < -0.39 is 5.60 Å². The average molecular weight is 473 g/mol. The van der Waals surface area contributed by atoms with Crippen LogP contribution in [-0.2, 0) is 17.7 Å². The molecule has 3 rings (SSSR count). The molecule has 0 saturated carbocycles. The van der Waals surface area contributed by atoms with E-state index in [9.17, 15) is 10.1 Å². The van der Waals surface area contributed by atoms with Gasteiger partial charge in [-0.1, -0.05) is 26.7 Å². The number of ether oxygens (including phenoxy) is 2. The highest BCUT2D eigenvalue weighted by atomic mass is 16.6. The van der Waals surface area contributed by atoms with Crippen molar-refractivity contribution in [2.45, 2.75) is 84.9 Å². The average Bonchev–Trinajstić information content (AvgIpc) is 2.80. The maximum Gasteiger partial charge on any atom is 0.410 e. The van der Waals surface area contributed by atoms with Gasteiger partial charge in [0.25, 0.3) is 0 Å². The van der Waals surface area contributed by atoms with Crippen LogP contribution in [0, 0.1) is 17.2 Å². The Morgan fingerprint density at radius 1 is 1.32 bits per heavy atom. The highest BCUT2D eigenvalue weighted by molar-refractivity contribution is 5.69. The topological polar surface area (TPSA) is 104 Å². The summed E-state index contributed by atoms with van der Waals surface area (Å²) in [5.41, 5.74) is 1.52. The molecule has 34 heavy (non-hydrogen) atoms. The second kappa shape index (κ2) is 11.7. The van der Waals surface area contributed by atoms with Crippen LogP contribution in [0.15, 0.2) is 0 Å². The summed E-state index contributed by atoms with van der Waals surface area (Å²) < 4.78 is 11.6. The van der Waals surface area contributed by atoms with E-state index in [1.165, 1.54) is 12.8 Å². The number of fused-ring (bicyclic) bond motifs is 1. The molecular weight excluding hydrogens is 432 g/mol. The third-order valence-electron chi connectivity index (χ3n) is 6.18. The molecule has 0 radical (unpaired) electrons. The molecule has 1 aromatic heterocycles. The fraction of sp³-hybridized carbons (Fsp3) is 0.760. The summed E-state index contributed by atoms with van der Waals surface area (Å²) in [4.78, 5) is 26.2. The van der Waals surface area contributed by atoms with E-state index in [0.717, 1.165) is 36.5 Å². The molecule has 0 aliphatic carbocycles. The van der Waals surface area contributed by atoms with E-state index in [0.29, 0.717) is 44.7 Å². The van der Waals surface area contributed by atoms with Crippen LogP contribution in [0.1, 0.15) is 71.6 Å². The fourth-order valence-corrected chi connectivity index (χ4v) is 4.39. The maximum absolute atomic E-state index is 12.8. The van der Waals surface area contributed by atoms with Gasteiger partial charge in [0.15, 0.2) is 0 Å². The number of nitriles is 1. The van der Waals surface area contributed by atoms with Gasteiger partial charge in [0.05, 0.1) is 30.8 Å². The second-order valence-corrected chi connectivity index (χ2v) is 10.4. The zero-order valence-corrected chi connectivity index (χ0v) is 21.4. The number of anilines is 1. The van der Waals surface area contributed by atoms with Crippen LogP contribution in [0.2, 0.25) is 0 Å². The zero-order valence-electron chi connectivity index (χ0n) is 21.4. The molecule has 2 aliphatic heterocycles. The van der Waals surface area contributed by atoms with Gasteiger partial charge >= 0.3 is 12.1 Å². The number of hydrogen-bond donors (Lipinski definition) is 1. The first-order chi connectivity index (χ1) is 16.2. The van der Waals surface area contributed by atoms with Crippen molar-refractivity contribution in [1.29, 1.82) is 5.26 Å². The fourth-order valence-electron chi connectivity index (χ4n) is 4.39. The minimum Gasteiger partial charge on any atom is -0.463 e. The number of aromatic nitrogens is 2. The normalized spacial score (nSPS) is 19.2. The number of rotatable bonds is 8. The van der Waals surface area contributed by atoms with Crippen molar-refractivity contribution >= 4 is 11.9 Å². The molecule has 1 fully saturated rings. The Morgan fingerprint density at radius 3 is 2.82 bits per heavy atom. The number of hydrogen-bond acceptors (Lipinski definition) is 8. The first-order valence-corrected chi connectivity index (χ1v) is 12.6. The largest absolute Gasteiger partial charge is 0.463 e. The number of nitrogens with one attached hydrogen (secondary N) is 1. The lowest BCUT2D eigenvalue weighted by Gasteiger charge is -2.42. The van der Waals surface area contributed by atoms with Gasteiger partial charge in [-0.25, -0.2) is 4.79 Å². The molecule has 0 spiro atoms. The van der Waals surface area contributed by atoms with Crippen LogP contribution in [0.3, 0.4) is 0 Å². The summed E-state index contributed by atoms with van der Waals surface area (Å²) in [5.74, 6) is 1.31. The molecule has 3 heterocycles. The Labute approximate surface area is 203 Å². The lowest BCUT2D eigenvalue weighted by Crippen LogP contribution is -2.56. The Morgan fingerprint density at radius 2 is 2.12 bits per heavy atom. The standard InChI is InChI=1S/C25H40N6O3/c1-6-7-8-18(2)17-33-23-28-21-15-27-12-10-20(21)22(29-23)30-13-14-31(19(16-30)9-11-26)24(32)34-25(3,4)5/h18-19,27H,6-10,12-17H2,1-5H3/t18-,19?/m0/s1. The second-order valence-electron chi connectivity index (χ2n) is 10.4. The Balaban J connectivity index is 1.79. The van der Waals surface area contributed by atoms with Crippen LogP contribution in [-0.4, -0.2) is 65.4 Å². The van der Waals surface area contributed by atoms with Gasteiger partial charge in [0, 0.05) is 31.7 Å². The van der Waals surface area contributed by atoms with Crippen molar-refractivity contribution in [1.82, 2.24) is 20.2 Å². The van der Waals surface area contributed by atoms with Crippen molar-refractivity contribution < 1.29 is 14.3 Å². The van der Waals surface area contributed by atoms with Gasteiger partial charge in [-0.3, -0.25) is 0 Å². The van der Waals surface area contributed by atoms with Gasteiger partial charge in [0.1, 0.15) is 11.4 Å². The molecule has 1 saturated heterocycles. The summed E-state index contributed by atoms with van der Waals surface area (Å²) in [7, 11) is 0. The van der Waals surface area contributed by atoms with Crippen molar-refractivity contribution in [3.8, 4) is 12.1 Å². The smallest absolute Gasteiger partial charge is 0.410 e. The van der Waals surface area contributed by atoms with Crippen molar-refractivity contribution in [2.24, 2.45) is 5.92 Å². The van der Waals surface area contributed by atoms with Gasteiger partial charge in [-0.05, 0) is 46.1 Å². The first-order valence-electron chi connectivity index (χ1n) is 12.6. The molecule has 1 N–H and O–H groups in total. The Hall–Kier alpha value is -2.60. The van der Waals surface area contributed by atoms with Crippen molar-refractivity contribution in [2.75, 3.05) is 37.7 Å². The molecule has 1 aromatic rings. The highest BCUT2D eigenvalue weighted by Crippen LogP contribution is 2.29. The van der Waals surface area contributed by atoms with E-state index >= 15 is 0 Å². The number of unbranched alkanes of at least 4 members (excludes halogenated alkanes) is 1. The van der Waals surface area contributed by atoms with Crippen molar-refractivity contribution in [3.63, 3.8) is 0 Å². The van der Waals surface area contributed by atoms with E-state index in [-0.39, 0.29) is 18.6 Å². The molecule has 1 amide bonds. The lowest BCUT2D eigenvalue weighted by atomic mass is 10.0. The van der Waals surface area contributed by atoms with E-state index in [4.69, 9.17) is 19.4 Å². The molecule has 9 nitrogen and oxygen atoms in total. The third kappa shape index (κ3) is 6.95. The van der Waals surface area contributed by atoms with Crippen LogP contribution < -0.4 is 15.0 Å². The van der Waals surface area contributed by atoms with Gasteiger partial charge in [0.2, 0.25) is 0 Å². The van der Waals surface area contributed by atoms with E-state index in [2.05, 4.69) is 30.1 Å². The predicted molar refractivity (Wildman–Crippen MR) is 131 cm³/mol. The molecule has 9 heteroatoms. The monoisotopic (exact) mass is 472 g/mol. The predicted octanol–water partition coefficient (Wildman–Crippen LogP) is 3.67. The Bertz CT molecular complexity index is 879. The number of piperazine rings is 1. The molecule has 2 aliphatic rings. The van der Waals surface area contributed by atoms with Crippen molar-refractivity contribution in [3.05, 3.63) is 11.3 Å². The third-order valence-corrected chi connectivity index (χ3v) is 6.18. The highest BCUT2D eigenvalue weighted by Gasteiger charge is 2.35. The van der Waals surface area contributed by atoms with Crippen LogP contribution >= 0.6 is 0 Å². The van der Waals surface area contributed by atoms with E-state index in [1.807, 2.05) is 20.8 Å². The number of carbonyl (C=O) groups excluding carboxylic acids is 1. The summed E-state index contributed by atoms with van der Waals surface area (Å²) in [5, 5.41) is 12.8. The molecule has 0 bridgehead atoms. The van der Waals surface area contributed by atoms with Gasteiger partial charge < -0.3 is 24.6 Å². The summed E-state index contributed by atoms with van der Waals surface area (Å²) in [6, 6.07) is 2.38. The molecular formula is C25H40N6O3. The molecule has 0 aromatic carbocycles. The van der Waals surface area contributed by atoms with E-state index in [1.54, 1.807) is 4.90 Å². The molecule has 188 valence electrons. The van der Waals surface area contributed by atoms with Crippen LogP contribution in [0.5, 0.6) is 6.01 Å². The molecule has 1 unspecified atom stereocenters. The minimum atomic E-state index is -0.579. The number of carbonyl (C=O) groups is 1. The first kappa shape index (κ1) is 26.0. The SMILES string of the molecule is CCCC[C@H](C)COc1nc2c(c(N3CCN(C(=O)OC(C)(C)C)C(CC#N)C3)n1)CCNC2.